The predicted molar refractivity (Wildman–Crippen MR) is 68.5 cm³/mol. The third-order valence-corrected chi connectivity index (χ3v) is 3.64. The summed E-state index contributed by atoms with van der Waals surface area (Å²) in [7, 11) is 0. The van der Waals surface area contributed by atoms with E-state index in [0.29, 0.717) is 6.04 Å². The van der Waals surface area contributed by atoms with Gasteiger partial charge in [-0.1, -0.05) is 19.3 Å². The Bertz CT molecular complexity index is 440. The van der Waals surface area contributed by atoms with Crippen molar-refractivity contribution in [2.45, 2.75) is 44.7 Å². The van der Waals surface area contributed by atoms with Crippen LogP contribution in [0.5, 0.6) is 28.7 Å². The molecule has 0 spiro atoms. The van der Waals surface area contributed by atoms with E-state index in [2.05, 4.69) is 5.32 Å². The number of phenols is 5. The minimum absolute atomic E-state index is 0.0154. The summed E-state index contributed by atoms with van der Waals surface area (Å²) < 4.78 is 0. The highest BCUT2D eigenvalue weighted by Crippen LogP contribution is 2.50. The molecule has 0 aliphatic heterocycles. The summed E-state index contributed by atoms with van der Waals surface area (Å²) in [4.78, 5) is 0. The zero-order valence-corrected chi connectivity index (χ0v) is 10.6. The Morgan fingerprint density at radius 2 is 1.21 bits per heavy atom. The molecule has 1 fully saturated rings. The Balaban J connectivity index is 2.15. The van der Waals surface area contributed by atoms with Gasteiger partial charge in [-0.05, 0) is 12.8 Å². The van der Waals surface area contributed by atoms with Gasteiger partial charge >= 0.3 is 0 Å². The average Bonchev–Trinajstić information content (AvgIpc) is 2.44. The van der Waals surface area contributed by atoms with Gasteiger partial charge in [0, 0.05) is 12.6 Å². The molecule has 106 valence electrons. The Morgan fingerprint density at radius 3 is 1.74 bits per heavy atom. The molecule has 0 atom stereocenters. The summed E-state index contributed by atoms with van der Waals surface area (Å²) in [6.07, 6.45) is 5.55. The third kappa shape index (κ3) is 2.63. The number of nitrogens with one attached hydrogen (secondary N) is 1. The van der Waals surface area contributed by atoms with Crippen LogP contribution in [-0.2, 0) is 6.54 Å². The van der Waals surface area contributed by atoms with E-state index in [-0.39, 0.29) is 12.1 Å². The molecule has 0 saturated heterocycles. The summed E-state index contributed by atoms with van der Waals surface area (Å²) in [5.41, 5.74) is -0.0154. The smallest absolute Gasteiger partial charge is 0.208 e. The molecule has 6 N–H and O–H groups in total. The van der Waals surface area contributed by atoms with Crippen molar-refractivity contribution < 1.29 is 25.5 Å². The van der Waals surface area contributed by atoms with Crippen LogP contribution in [0.15, 0.2) is 0 Å². The van der Waals surface area contributed by atoms with Gasteiger partial charge in [-0.3, -0.25) is 0 Å². The van der Waals surface area contributed by atoms with Gasteiger partial charge in [0.25, 0.3) is 0 Å². The van der Waals surface area contributed by atoms with E-state index in [1.165, 1.54) is 6.42 Å². The lowest BCUT2D eigenvalue weighted by atomic mass is 9.95. The van der Waals surface area contributed by atoms with Gasteiger partial charge in [0.05, 0.1) is 5.56 Å². The first-order valence-corrected chi connectivity index (χ1v) is 6.43. The van der Waals surface area contributed by atoms with E-state index in [1.807, 2.05) is 0 Å². The summed E-state index contributed by atoms with van der Waals surface area (Å²) in [5, 5.41) is 50.7. The van der Waals surface area contributed by atoms with Crippen molar-refractivity contribution in [2.24, 2.45) is 0 Å². The van der Waals surface area contributed by atoms with Gasteiger partial charge in [-0.15, -0.1) is 0 Å². The van der Waals surface area contributed by atoms with E-state index in [9.17, 15) is 25.5 Å². The molecular formula is C13H19NO5. The normalized spacial score (nSPS) is 16.6. The molecular weight excluding hydrogens is 250 g/mol. The summed E-state index contributed by atoms with van der Waals surface area (Å²) in [5.74, 6) is -3.80. The van der Waals surface area contributed by atoms with E-state index < -0.39 is 28.7 Å². The number of aromatic hydroxyl groups is 5. The number of phenolic OH excluding ortho intramolecular Hbond substituents is 5. The van der Waals surface area contributed by atoms with Crippen LogP contribution in [0, 0.1) is 0 Å². The Labute approximate surface area is 111 Å². The molecule has 0 heterocycles. The second-order valence-electron chi connectivity index (χ2n) is 4.94. The lowest BCUT2D eigenvalue weighted by molar-refractivity contribution is 0.318. The second kappa shape index (κ2) is 5.44. The first-order chi connectivity index (χ1) is 9.02. The Morgan fingerprint density at radius 1 is 0.737 bits per heavy atom. The van der Waals surface area contributed by atoms with Gasteiger partial charge < -0.3 is 30.8 Å². The maximum absolute atomic E-state index is 9.69. The number of benzene rings is 1. The Kier molecular flexibility index (Phi) is 3.90. The fourth-order valence-corrected chi connectivity index (χ4v) is 2.46. The monoisotopic (exact) mass is 269 g/mol. The number of hydrogen-bond acceptors (Lipinski definition) is 6. The van der Waals surface area contributed by atoms with Gasteiger partial charge in [0.15, 0.2) is 11.5 Å². The highest BCUT2D eigenvalue weighted by Gasteiger charge is 2.23. The van der Waals surface area contributed by atoms with Crippen LogP contribution < -0.4 is 5.32 Å². The van der Waals surface area contributed by atoms with Crippen LogP contribution in [0.25, 0.3) is 0 Å². The molecule has 6 heteroatoms. The van der Waals surface area contributed by atoms with Crippen molar-refractivity contribution >= 4 is 0 Å². The van der Waals surface area contributed by atoms with Gasteiger partial charge in [-0.2, -0.15) is 0 Å². The highest BCUT2D eigenvalue weighted by molar-refractivity contribution is 5.67. The summed E-state index contributed by atoms with van der Waals surface area (Å²) >= 11 is 0. The molecule has 0 aromatic heterocycles. The van der Waals surface area contributed by atoms with E-state index >= 15 is 0 Å². The molecule has 1 aromatic rings. The maximum Gasteiger partial charge on any atom is 0.208 e. The molecule has 1 aliphatic carbocycles. The predicted octanol–water partition coefficient (Wildman–Crippen LogP) is 1.64. The topological polar surface area (TPSA) is 113 Å². The first kappa shape index (κ1) is 13.6. The zero-order valence-electron chi connectivity index (χ0n) is 10.6. The lowest BCUT2D eigenvalue weighted by Crippen LogP contribution is -2.30. The summed E-state index contributed by atoms with van der Waals surface area (Å²) in [6.45, 7) is 0.115. The van der Waals surface area contributed by atoms with Crippen LogP contribution in [0.2, 0.25) is 0 Å². The van der Waals surface area contributed by atoms with E-state index in [0.717, 1.165) is 25.7 Å². The molecule has 2 rings (SSSR count). The minimum atomic E-state index is -0.920. The van der Waals surface area contributed by atoms with Gasteiger partial charge in [0.1, 0.15) is 0 Å². The molecule has 6 nitrogen and oxygen atoms in total. The Hall–Kier alpha value is -1.82. The first-order valence-electron chi connectivity index (χ1n) is 6.43. The average molecular weight is 269 g/mol. The van der Waals surface area contributed by atoms with Crippen LogP contribution >= 0.6 is 0 Å². The fraction of sp³-hybridized carbons (Fsp3) is 0.538. The lowest BCUT2D eigenvalue weighted by Gasteiger charge is -2.23. The van der Waals surface area contributed by atoms with E-state index in [4.69, 9.17) is 0 Å². The standard InChI is InChI=1S/C13H19NO5/c15-9-8(6-14-7-4-2-1-3-5-7)10(16)12(18)13(19)11(9)17/h7,14-19H,1-6H2. The molecule has 1 aliphatic rings. The van der Waals surface area contributed by atoms with Crippen molar-refractivity contribution in [2.75, 3.05) is 0 Å². The third-order valence-electron chi connectivity index (χ3n) is 3.64. The highest BCUT2D eigenvalue weighted by atomic mass is 16.4. The molecule has 19 heavy (non-hydrogen) atoms. The number of hydrogen-bond donors (Lipinski definition) is 6. The quantitative estimate of drug-likeness (QED) is 0.367. The van der Waals surface area contributed by atoms with Crippen molar-refractivity contribution in [1.82, 2.24) is 5.32 Å². The van der Waals surface area contributed by atoms with Gasteiger partial charge in [0.2, 0.25) is 17.2 Å². The molecule has 1 aromatic carbocycles. The molecule has 0 unspecified atom stereocenters. The van der Waals surface area contributed by atoms with Crippen LogP contribution in [0.3, 0.4) is 0 Å². The SMILES string of the molecule is Oc1c(O)c(O)c(CNC2CCCCC2)c(O)c1O. The maximum atomic E-state index is 9.69. The summed E-state index contributed by atoms with van der Waals surface area (Å²) in [6, 6.07) is 0.297. The largest absolute Gasteiger partial charge is 0.504 e. The van der Waals surface area contributed by atoms with Crippen LogP contribution in [0.4, 0.5) is 0 Å². The van der Waals surface area contributed by atoms with Crippen LogP contribution in [-0.4, -0.2) is 31.6 Å². The second-order valence-corrected chi connectivity index (χ2v) is 4.94. The fourth-order valence-electron chi connectivity index (χ4n) is 2.46. The zero-order chi connectivity index (χ0) is 14.0. The van der Waals surface area contributed by atoms with Crippen molar-refractivity contribution in [1.29, 1.82) is 0 Å². The van der Waals surface area contributed by atoms with E-state index in [1.54, 1.807) is 0 Å². The van der Waals surface area contributed by atoms with Crippen molar-refractivity contribution in [3.8, 4) is 28.7 Å². The van der Waals surface area contributed by atoms with Gasteiger partial charge in [-0.25, -0.2) is 0 Å². The van der Waals surface area contributed by atoms with Crippen LogP contribution in [0.1, 0.15) is 37.7 Å². The van der Waals surface area contributed by atoms with Crippen molar-refractivity contribution in [3.63, 3.8) is 0 Å². The number of rotatable bonds is 3. The van der Waals surface area contributed by atoms with Crippen molar-refractivity contribution in [3.05, 3.63) is 5.56 Å². The molecule has 0 bridgehead atoms. The minimum Gasteiger partial charge on any atom is -0.504 e. The molecule has 0 amide bonds. The molecule has 1 saturated carbocycles. The molecule has 0 radical (unpaired) electrons.